The standard InChI is InChI=1S/C16H17ClN2OS/c1-11-6-15(20)19(8-11)9-12-2-4-13(5-3-12)16-18-14(7-17)10-21-16/h2-5,10-11H,6-9H2,1H3. The molecule has 5 heteroatoms. The fourth-order valence-corrected chi connectivity index (χ4v) is 3.65. The molecule has 3 nitrogen and oxygen atoms in total. The van der Waals surface area contributed by atoms with Crippen LogP contribution in [0.25, 0.3) is 10.6 Å². The van der Waals surface area contributed by atoms with Crippen molar-refractivity contribution >= 4 is 28.8 Å². The molecule has 21 heavy (non-hydrogen) atoms. The molecule has 1 saturated heterocycles. The molecule has 0 radical (unpaired) electrons. The molecule has 0 N–H and O–H groups in total. The van der Waals surface area contributed by atoms with Crippen LogP contribution in [0.5, 0.6) is 0 Å². The lowest BCUT2D eigenvalue weighted by Gasteiger charge is -2.16. The van der Waals surface area contributed by atoms with Gasteiger partial charge in [0.1, 0.15) is 5.01 Å². The minimum absolute atomic E-state index is 0.262. The third-order valence-electron chi connectivity index (χ3n) is 3.67. The molecule has 1 aliphatic rings. The van der Waals surface area contributed by atoms with Crippen LogP contribution in [-0.2, 0) is 17.2 Å². The van der Waals surface area contributed by atoms with E-state index in [0.29, 0.717) is 24.8 Å². The van der Waals surface area contributed by atoms with Crippen molar-refractivity contribution in [2.75, 3.05) is 6.54 Å². The Bertz CT molecular complexity index is 638. The van der Waals surface area contributed by atoms with Crippen molar-refractivity contribution in [3.8, 4) is 10.6 Å². The summed E-state index contributed by atoms with van der Waals surface area (Å²) < 4.78 is 0. The predicted molar refractivity (Wildman–Crippen MR) is 86.3 cm³/mol. The molecular formula is C16H17ClN2OS. The SMILES string of the molecule is CC1CC(=O)N(Cc2ccc(-c3nc(CCl)cs3)cc2)C1. The van der Waals surface area contributed by atoms with Gasteiger partial charge in [-0.25, -0.2) is 4.98 Å². The Hall–Kier alpha value is -1.39. The molecule has 0 aliphatic carbocycles. The maximum Gasteiger partial charge on any atom is 0.223 e. The van der Waals surface area contributed by atoms with Crippen LogP contribution < -0.4 is 0 Å². The van der Waals surface area contributed by atoms with Crippen LogP contribution >= 0.6 is 22.9 Å². The quantitative estimate of drug-likeness (QED) is 0.800. The molecule has 1 aromatic heterocycles. The highest BCUT2D eigenvalue weighted by molar-refractivity contribution is 7.13. The highest BCUT2D eigenvalue weighted by Crippen LogP contribution is 2.25. The smallest absolute Gasteiger partial charge is 0.223 e. The van der Waals surface area contributed by atoms with Gasteiger partial charge in [-0.3, -0.25) is 4.79 Å². The first kappa shape index (κ1) is 14.5. The van der Waals surface area contributed by atoms with E-state index in [1.54, 1.807) is 11.3 Å². The molecule has 0 bridgehead atoms. The van der Waals surface area contributed by atoms with Crippen molar-refractivity contribution < 1.29 is 4.79 Å². The third-order valence-corrected chi connectivity index (χ3v) is 4.88. The average Bonchev–Trinajstić information content (AvgIpc) is 3.07. The number of thiazole rings is 1. The van der Waals surface area contributed by atoms with Crippen molar-refractivity contribution in [3.63, 3.8) is 0 Å². The summed E-state index contributed by atoms with van der Waals surface area (Å²) >= 11 is 7.39. The van der Waals surface area contributed by atoms with Crippen LogP contribution in [0.4, 0.5) is 0 Å². The fraction of sp³-hybridized carbons (Fsp3) is 0.375. The summed E-state index contributed by atoms with van der Waals surface area (Å²) in [5.41, 5.74) is 3.17. The van der Waals surface area contributed by atoms with Crippen LogP contribution in [0, 0.1) is 5.92 Å². The van der Waals surface area contributed by atoms with Crippen LogP contribution in [0.3, 0.4) is 0 Å². The summed E-state index contributed by atoms with van der Waals surface area (Å²) in [7, 11) is 0. The molecule has 1 aliphatic heterocycles. The number of aromatic nitrogens is 1. The highest BCUT2D eigenvalue weighted by atomic mass is 35.5. The normalized spacial score (nSPS) is 18.5. The van der Waals surface area contributed by atoms with Gasteiger partial charge in [0.15, 0.2) is 0 Å². The van der Waals surface area contributed by atoms with Gasteiger partial charge in [-0.15, -0.1) is 22.9 Å². The van der Waals surface area contributed by atoms with E-state index in [2.05, 4.69) is 36.2 Å². The molecule has 2 aromatic rings. The molecular weight excluding hydrogens is 304 g/mol. The van der Waals surface area contributed by atoms with Gasteiger partial charge in [-0.05, 0) is 11.5 Å². The molecule has 3 rings (SSSR count). The monoisotopic (exact) mass is 320 g/mol. The lowest BCUT2D eigenvalue weighted by atomic mass is 10.1. The second-order valence-corrected chi connectivity index (χ2v) is 6.68. The molecule has 2 heterocycles. The van der Waals surface area contributed by atoms with Crippen LogP contribution in [0.2, 0.25) is 0 Å². The van der Waals surface area contributed by atoms with Gasteiger partial charge < -0.3 is 4.90 Å². The number of likely N-dealkylation sites (tertiary alicyclic amines) is 1. The Kier molecular flexibility index (Phi) is 4.27. The summed E-state index contributed by atoms with van der Waals surface area (Å²) in [4.78, 5) is 18.2. The number of amides is 1. The molecule has 1 fully saturated rings. The minimum atomic E-state index is 0.262. The van der Waals surface area contributed by atoms with E-state index in [1.807, 2.05) is 10.3 Å². The number of carbonyl (C=O) groups excluding carboxylic acids is 1. The second-order valence-electron chi connectivity index (χ2n) is 5.56. The minimum Gasteiger partial charge on any atom is -0.338 e. The Morgan fingerprint density at radius 2 is 2.14 bits per heavy atom. The first-order valence-electron chi connectivity index (χ1n) is 7.03. The van der Waals surface area contributed by atoms with Crippen molar-refractivity contribution in [2.24, 2.45) is 5.92 Å². The van der Waals surface area contributed by atoms with Crippen LogP contribution in [0.1, 0.15) is 24.6 Å². The topological polar surface area (TPSA) is 33.2 Å². The maximum atomic E-state index is 11.8. The van der Waals surface area contributed by atoms with Crippen LogP contribution in [0.15, 0.2) is 29.6 Å². The number of halogens is 1. The Labute approximate surface area is 133 Å². The zero-order chi connectivity index (χ0) is 14.8. The Morgan fingerprint density at radius 3 is 2.71 bits per heavy atom. The van der Waals surface area contributed by atoms with Gasteiger partial charge in [-0.1, -0.05) is 31.2 Å². The lowest BCUT2D eigenvalue weighted by Crippen LogP contribution is -2.24. The fourth-order valence-electron chi connectivity index (χ4n) is 2.60. The molecule has 1 amide bonds. The summed E-state index contributed by atoms with van der Waals surface area (Å²) in [6, 6.07) is 8.28. The Morgan fingerprint density at radius 1 is 1.38 bits per heavy atom. The molecule has 0 spiro atoms. The van der Waals surface area contributed by atoms with E-state index < -0.39 is 0 Å². The number of hydrogen-bond donors (Lipinski definition) is 0. The van der Waals surface area contributed by atoms with E-state index in [-0.39, 0.29) is 5.91 Å². The van der Waals surface area contributed by atoms with Gasteiger partial charge in [0.05, 0.1) is 11.6 Å². The van der Waals surface area contributed by atoms with Crippen molar-refractivity contribution in [1.29, 1.82) is 0 Å². The van der Waals surface area contributed by atoms with Gasteiger partial charge in [0, 0.05) is 30.5 Å². The summed E-state index contributed by atoms with van der Waals surface area (Å²) in [5.74, 6) is 1.18. The zero-order valence-electron chi connectivity index (χ0n) is 11.9. The molecule has 1 unspecified atom stereocenters. The third kappa shape index (κ3) is 3.27. The number of nitrogens with zero attached hydrogens (tertiary/aromatic N) is 2. The first-order valence-corrected chi connectivity index (χ1v) is 8.44. The van der Waals surface area contributed by atoms with Gasteiger partial charge in [0.25, 0.3) is 0 Å². The number of carbonyl (C=O) groups is 1. The maximum absolute atomic E-state index is 11.8. The summed E-state index contributed by atoms with van der Waals surface area (Å²) in [5, 5.41) is 2.98. The van der Waals surface area contributed by atoms with Crippen molar-refractivity contribution in [3.05, 3.63) is 40.9 Å². The van der Waals surface area contributed by atoms with E-state index in [1.165, 1.54) is 0 Å². The first-order chi connectivity index (χ1) is 10.2. The number of rotatable bonds is 4. The van der Waals surface area contributed by atoms with E-state index in [0.717, 1.165) is 28.4 Å². The zero-order valence-corrected chi connectivity index (χ0v) is 13.5. The van der Waals surface area contributed by atoms with Gasteiger partial charge >= 0.3 is 0 Å². The number of alkyl halides is 1. The Balaban J connectivity index is 1.70. The number of benzene rings is 1. The van der Waals surface area contributed by atoms with Gasteiger partial charge in [0.2, 0.25) is 5.91 Å². The lowest BCUT2D eigenvalue weighted by molar-refractivity contribution is -0.128. The summed E-state index contributed by atoms with van der Waals surface area (Å²) in [6.07, 6.45) is 0.679. The molecule has 1 atom stereocenters. The molecule has 1 aromatic carbocycles. The molecule has 110 valence electrons. The predicted octanol–water partition coefficient (Wildman–Crippen LogP) is 3.92. The highest BCUT2D eigenvalue weighted by Gasteiger charge is 2.26. The largest absolute Gasteiger partial charge is 0.338 e. The average molecular weight is 321 g/mol. The van der Waals surface area contributed by atoms with Crippen molar-refractivity contribution in [1.82, 2.24) is 9.88 Å². The second kappa shape index (κ2) is 6.16. The van der Waals surface area contributed by atoms with E-state index in [4.69, 9.17) is 11.6 Å². The number of hydrogen-bond acceptors (Lipinski definition) is 3. The van der Waals surface area contributed by atoms with E-state index in [9.17, 15) is 4.79 Å². The summed E-state index contributed by atoms with van der Waals surface area (Å²) in [6.45, 7) is 3.69. The molecule has 0 saturated carbocycles. The van der Waals surface area contributed by atoms with Crippen molar-refractivity contribution in [2.45, 2.75) is 25.8 Å². The van der Waals surface area contributed by atoms with Gasteiger partial charge in [-0.2, -0.15) is 0 Å². The van der Waals surface area contributed by atoms with Crippen LogP contribution in [-0.4, -0.2) is 22.3 Å². The van der Waals surface area contributed by atoms with E-state index >= 15 is 0 Å².